The minimum atomic E-state index is -0.353. The Morgan fingerprint density at radius 3 is 2.20 bits per heavy atom. The standard InChI is InChI=1S/C17H16FNO/c18-15-8-6-14(7-9-15)16(10-11-20)17(12-19)13-4-2-1-3-5-13/h1-9,16-17,20H,10-11H2. The quantitative estimate of drug-likeness (QED) is 0.901. The molecule has 0 aliphatic heterocycles. The lowest BCUT2D eigenvalue weighted by Gasteiger charge is -2.22. The number of hydrogen-bond donors (Lipinski definition) is 1. The van der Waals surface area contributed by atoms with E-state index in [0.29, 0.717) is 6.42 Å². The van der Waals surface area contributed by atoms with Gasteiger partial charge in [-0.05, 0) is 29.7 Å². The predicted octanol–water partition coefficient (Wildman–Crippen LogP) is 3.60. The SMILES string of the molecule is N#CC(c1ccccc1)C(CCO)c1ccc(F)cc1. The van der Waals surface area contributed by atoms with Crippen LogP contribution in [0.5, 0.6) is 0 Å². The first kappa shape index (κ1) is 14.2. The van der Waals surface area contributed by atoms with E-state index in [9.17, 15) is 14.8 Å². The summed E-state index contributed by atoms with van der Waals surface area (Å²) in [5.41, 5.74) is 1.79. The fourth-order valence-corrected chi connectivity index (χ4v) is 2.43. The molecular weight excluding hydrogens is 253 g/mol. The monoisotopic (exact) mass is 269 g/mol. The number of aliphatic hydroxyl groups excluding tert-OH is 1. The minimum Gasteiger partial charge on any atom is -0.396 e. The molecule has 0 fully saturated rings. The zero-order chi connectivity index (χ0) is 14.4. The Morgan fingerprint density at radius 2 is 1.65 bits per heavy atom. The lowest BCUT2D eigenvalue weighted by atomic mass is 9.80. The van der Waals surface area contributed by atoms with Crippen molar-refractivity contribution in [3.63, 3.8) is 0 Å². The summed E-state index contributed by atoms with van der Waals surface area (Å²) in [5, 5.41) is 18.7. The van der Waals surface area contributed by atoms with Crippen LogP contribution in [-0.4, -0.2) is 11.7 Å². The van der Waals surface area contributed by atoms with Gasteiger partial charge in [0.15, 0.2) is 0 Å². The van der Waals surface area contributed by atoms with Crippen LogP contribution in [0.25, 0.3) is 0 Å². The molecule has 2 aromatic carbocycles. The highest BCUT2D eigenvalue weighted by molar-refractivity contribution is 5.33. The van der Waals surface area contributed by atoms with Gasteiger partial charge in [-0.15, -0.1) is 0 Å². The maximum Gasteiger partial charge on any atom is 0.123 e. The molecule has 2 unspecified atom stereocenters. The van der Waals surface area contributed by atoms with E-state index in [1.54, 1.807) is 12.1 Å². The molecule has 102 valence electrons. The molecule has 3 heteroatoms. The van der Waals surface area contributed by atoms with E-state index in [-0.39, 0.29) is 24.3 Å². The zero-order valence-electron chi connectivity index (χ0n) is 11.0. The van der Waals surface area contributed by atoms with E-state index in [1.165, 1.54) is 12.1 Å². The van der Waals surface area contributed by atoms with Gasteiger partial charge < -0.3 is 5.11 Å². The van der Waals surface area contributed by atoms with Crippen LogP contribution < -0.4 is 0 Å². The summed E-state index contributed by atoms with van der Waals surface area (Å²) in [6.45, 7) is -0.00689. The second-order valence-corrected chi connectivity index (χ2v) is 4.69. The van der Waals surface area contributed by atoms with E-state index in [2.05, 4.69) is 6.07 Å². The first-order valence-electron chi connectivity index (χ1n) is 6.57. The van der Waals surface area contributed by atoms with Crippen molar-refractivity contribution in [1.29, 1.82) is 5.26 Å². The molecule has 1 N–H and O–H groups in total. The van der Waals surface area contributed by atoms with Gasteiger partial charge in [0.1, 0.15) is 5.82 Å². The molecule has 20 heavy (non-hydrogen) atoms. The predicted molar refractivity (Wildman–Crippen MR) is 75.6 cm³/mol. The van der Waals surface area contributed by atoms with Gasteiger partial charge in [0, 0.05) is 12.5 Å². The van der Waals surface area contributed by atoms with E-state index in [0.717, 1.165) is 11.1 Å². The van der Waals surface area contributed by atoms with Crippen LogP contribution in [-0.2, 0) is 0 Å². The van der Waals surface area contributed by atoms with Crippen LogP contribution in [0.15, 0.2) is 54.6 Å². The number of aliphatic hydroxyl groups is 1. The summed E-state index contributed by atoms with van der Waals surface area (Å²) < 4.78 is 13.0. The van der Waals surface area contributed by atoms with Crippen molar-refractivity contribution in [2.75, 3.05) is 6.61 Å². The summed E-state index contributed by atoms with van der Waals surface area (Å²) >= 11 is 0. The number of nitriles is 1. The Hall–Kier alpha value is -2.18. The third-order valence-corrected chi connectivity index (χ3v) is 3.44. The van der Waals surface area contributed by atoms with E-state index < -0.39 is 0 Å². The van der Waals surface area contributed by atoms with Crippen LogP contribution in [0.2, 0.25) is 0 Å². The van der Waals surface area contributed by atoms with E-state index in [4.69, 9.17) is 0 Å². The fourth-order valence-electron chi connectivity index (χ4n) is 2.43. The largest absolute Gasteiger partial charge is 0.396 e. The normalized spacial score (nSPS) is 13.4. The maximum atomic E-state index is 13.0. The molecule has 2 aromatic rings. The van der Waals surface area contributed by atoms with Crippen molar-refractivity contribution < 1.29 is 9.50 Å². The Labute approximate surface area is 118 Å². The average Bonchev–Trinajstić information content (AvgIpc) is 2.49. The summed E-state index contributed by atoms with van der Waals surface area (Å²) in [7, 11) is 0. The zero-order valence-corrected chi connectivity index (χ0v) is 11.0. The van der Waals surface area contributed by atoms with Gasteiger partial charge in [-0.1, -0.05) is 42.5 Å². The third-order valence-electron chi connectivity index (χ3n) is 3.44. The molecule has 0 aromatic heterocycles. The fraction of sp³-hybridized carbons (Fsp3) is 0.235. The molecule has 0 aliphatic rings. The van der Waals surface area contributed by atoms with Crippen molar-refractivity contribution in [3.05, 3.63) is 71.5 Å². The first-order valence-corrected chi connectivity index (χ1v) is 6.57. The van der Waals surface area contributed by atoms with Crippen molar-refractivity contribution in [2.24, 2.45) is 0 Å². The number of benzene rings is 2. The Bertz CT molecular complexity index is 574. The molecule has 0 saturated heterocycles. The second-order valence-electron chi connectivity index (χ2n) is 4.69. The molecule has 2 atom stereocenters. The van der Waals surface area contributed by atoms with Gasteiger partial charge >= 0.3 is 0 Å². The molecule has 0 radical (unpaired) electrons. The van der Waals surface area contributed by atoms with Crippen LogP contribution in [0.4, 0.5) is 4.39 Å². The van der Waals surface area contributed by atoms with Gasteiger partial charge in [0.2, 0.25) is 0 Å². The number of rotatable bonds is 5. The number of halogens is 1. The molecule has 0 saturated carbocycles. The molecule has 0 bridgehead atoms. The lowest BCUT2D eigenvalue weighted by molar-refractivity contribution is 0.272. The highest BCUT2D eigenvalue weighted by Crippen LogP contribution is 2.35. The van der Waals surface area contributed by atoms with Crippen LogP contribution >= 0.6 is 0 Å². The molecule has 2 rings (SSSR count). The molecular formula is C17H16FNO. The Morgan fingerprint density at radius 1 is 1.00 bits per heavy atom. The van der Waals surface area contributed by atoms with Gasteiger partial charge in [0.05, 0.1) is 12.0 Å². The van der Waals surface area contributed by atoms with Crippen LogP contribution in [0.1, 0.15) is 29.4 Å². The summed E-state index contributed by atoms with van der Waals surface area (Å²) in [4.78, 5) is 0. The Balaban J connectivity index is 2.36. The van der Waals surface area contributed by atoms with Crippen molar-refractivity contribution in [1.82, 2.24) is 0 Å². The average molecular weight is 269 g/mol. The maximum absolute atomic E-state index is 13.0. The first-order chi connectivity index (χ1) is 9.76. The van der Waals surface area contributed by atoms with E-state index in [1.807, 2.05) is 30.3 Å². The highest BCUT2D eigenvalue weighted by Gasteiger charge is 2.24. The second kappa shape index (κ2) is 6.83. The smallest absolute Gasteiger partial charge is 0.123 e. The summed E-state index contributed by atoms with van der Waals surface area (Å²) in [6.07, 6.45) is 0.471. The van der Waals surface area contributed by atoms with Crippen LogP contribution in [0.3, 0.4) is 0 Å². The molecule has 0 spiro atoms. The number of nitrogens with zero attached hydrogens (tertiary/aromatic N) is 1. The highest BCUT2D eigenvalue weighted by atomic mass is 19.1. The molecule has 2 nitrogen and oxygen atoms in total. The van der Waals surface area contributed by atoms with E-state index >= 15 is 0 Å². The van der Waals surface area contributed by atoms with Crippen LogP contribution in [0, 0.1) is 17.1 Å². The molecule has 0 aliphatic carbocycles. The molecule has 0 heterocycles. The lowest BCUT2D eigenvalue weighted by Crippen LogP contribution is -2.12. The summed E-state index contributed by atoms with van der Waals surface area (Å²) in [5.74, 6) is -0.800. The topological polar surface area (TPSA) is 44.0 Å². The van der Waals surface area contributed by atoms with Crippen molar-refractivity contribution in [2.45, 2.75) is 18.3 Å². The summed E-state index contributed by atoms with van der Waals surface area (Å²) in [6, 6.07) is 17.9. The van der Waals surface area contributed by atoms with Gasteiger partial charge in [-0.25, -0.2) is 4.39 Å². The van der Waals surface area contributed by atoms with Crippen molar-refractivity contribution >= 4 is 0 Å². The van der Waals surface area contributed by atoms with Gasteiger partial charge in [-0.2, -0.15) is 5.26 Å². The molecule has 0 amide bonds. The Kier molecular flexibility index (Phi) is 4.86. The van der Waals surface area contributed by atoms with Crippen molar-refractivity contribution in [3.8, 4) is 6.07 Å². The minimum absolute atomic E-state index is 0.00689. The number of hydrogen-bond acceptors (Lipinski definition) is 2. The third kappa shape index (κ3) is 3.23. The van der Waals surface area contributed by atoms with Gasteiger partial charge in [0.25, 0.3) is 0 Å². The van der Waals surface area contributed by atoms with Gasteiger partial charge in [-0.3, -0.25) is 0 Å².